The van der Waals surface area contributed by atoms with Crippen molar-refractivity contribution < 1.29 is 9.18 Å². The molecule has 104 valence electrons. The highest BCUT2D eigenvalue weighted by atomic mass is 32.1. The summed E-state index contributed by atoms with van der Waals surface area (Å²) in [5.74, 6) is -0.625. The monoisotopic (exact) mass is 289 g/mol. The topological polar surface area (TPSA) is 29.1 Å². The van der Waals surface area contributed by atoms with E-state index in [9.17, 15) is 9.18 Å². The van der Waals surface area contributed by atoms with Gasteiger partial charge < -0.3 is 5.32 Å². The zero-order valence-corrected chi connectivity index (χ0v) is 12.2. The number of amides is 1. The first-order chi connectivity index (χ1) is 9.36. The van der Waals surface area contributed by atoms with Crippen molar-refractivity contribution in [2.24, 2.45) is 0 Å². The molecule has 0 radical (unpaired) electrons. The Morgan fingerprint density at radius 3 is 2.40 bits per heavy atom. The molecule has 2 aromatic carbocycles. The molecule has 0 fully saturated rings. The minimum Gasteiger partial charge on any atom is -0.322 e. The second-order valence-electron chi connectivity index (χ2n) is 5.10. The molecule has 0 aliphatic rings. The third-order valence-electron chi connectivity index (χ3n) is 2.93. The van der Waals surface area contributed by atoms with Gasteiger partial charge in [-0.3, -0.25) is 4.79 Å². The summed E-state index contributed by atoms with van der Waals surface area (Å²) in [5, 5.41) is 2.79. The average Bonchev–Trinajstić information content (AvgIpc) is 2.38. The Morgan fingerprint density at radius 2 is 1.80 bits per heavy atom. The van der Waals surface area contributed by atoms with E-state index in [-0.39, 0.29) is 16.5 Å². The highest BCUT2D eigenvalue weighted by Crippen LogP contribution is 2.28. The van der Waals surface area contributed by atoms with E-state index in [0.29, 0.717) is 11.3 Å². The zero-order chi connectivity index (χ0) is 14.8. The molecule has 0 aliphatic carbocycles. The van der Waals surface area contributed by atoms with Gasteiger partial charge in [-0.1, -0.05) is 12.1 Å². The van der Waals surface area contributed by atoms with E-state index in [4.69, 9.17) is 0 Å². The molecule has 2 rings (SSSR count). The summed E-state index contributed by atoms with van der Waals surface area (Å²) in [6.45, 7) is 3.97. The molecule has 0 saturated heterocycles. The second-order valence-corrected chi connectivity index (χ2v) is 6.22. The van der Waals surface area contributed by atoms with Crippen molar-refractivity contribution in [2.45, 2.75) is 18.6 Å². The molecule has 20 heavy (non-hydrogen) atoms. The maximum atomic E-state index is 12.8. The highest BCUT2D eigenvalue weighted by Gasteiger charge is 2.15. The number of thiol groups is 1. The van der Waals surface area contributed by atoms with Crippen LogP contribution < -0.4 is 5.32 Å². The molecule has 0 atom stereocenters. The molecule has 0 saturated carbocycles. The average molecular weight is 289 g/mol. The van der Waals surface area contributed by atoms with Gasteiger partial charge in [0.1, 0.15) is 5.82 Å². The molecule has 0 bridgehead atoms. The van der Waals surface area contributed by atoms with Crippen LogP contribution in [0.4, 0.5) is 10.1 Å². The van der Waals surface area contributed by atoms with Crippen LogP contribution in [0.5, 0.6) is 0 Å². The number of halogens is 1. The van der Waals surface area contributed by atoms with Gasteiger partial charge >= 0.3 is 0 Å². The van der Waals surface area contributed by atoms with Gasteiger partial charge in [0.15, 0.2) is 0 Å². The fourth-order valence-corrected chi connectivity index (χ4v) is 1.92. The summed E-state index contributed by atoms with van der Waals surface area (Å²) in [6, 6.07) is 13.0. The van der Waals surface area contributed by atoms with E-state index in [1.54, 1.807) is 0 Å². The molecule has 2 nitrogen and oxygen atoms in total. The van der Waals surface area contributed by atoms with Gasteiger partial charge in [-0.25, -0.2) is 4.39 Å². The largest absolute Gasteiger partial charge is 0.322 e. The molecular formula is C16H16FNOS. The lowest BCUT2D eigenvalue weighted by Gasteiger charge is -2.19. The lowest BCUT2D eigenvalue weighted by molar-refractivity contribution is 0.102. The molecule has 0 aliphatic heterocycles. The van der Waals surface area contributed by atoms with Gasteiger partial charge in [-0.15, -0.1) is 0 Å². The zero-order valence-electron chi connectivity index (χ0n) is 11.4. The van der Waals surface area contributed by atoms with E-state index >= 15 is 0 Å². The molecule has 0 heterocycles. The number of carbonyl (C=O) groups is 1. The van der Waals surface area contributed by atoms with Crippen LogP contribution in [-0.4, -0.2) is 5.91 Å². The predicted molar refractivity (Wildman–Crippen MR) is 82.8 cm³/mol. The molecule has 0 spiro atoms. The summed E-state index contributed by atoms with van der Waals surface area (Å²) >= 11 is 4.51. The molecule has 1 amide bonds. The van der Waals surface area contributed by atoms with Crippen LogP contribution in [0.2, 0.25) is 0 Å². The number of hydrogen-bond acceptors (Lipinski definition) is 2. The van der Waals surface area contributed by atoms with E-state index in [1.165, 1.54) is 24.3 Å². The van der Waals surface area contributed by atoms with Gasteiger partial charge in [-0.2, -0.15) is 12.6 Å². The maximum Gasteiger partial charge on any atom is 0.255 e. The van der Waals surface area contributed by atoms with E-state index in [0.717, 1.165) is 5.56 Å². The number of benzene rings is 2. The van der Waals surface area contributed by atoms with Gasteiger partial charge in [-0.05, 0) is 55.8 Å². The van der Waals surface area contributed by atoms with Crippen molar-refractivity contribution in [3.8, 4) is 0 Å². The van der Waals surface area contributed by atoms with Gasteiger partial charge in [0.25, 0.3) is 5.91 Å². The smallest absolute Gasteiger partial charge is 0.255 e. The van der Waals surface area contributed by atoms with Crippen molar-refractivity contribution in [2.75, 3.05) is 5.32 Å². The lowest BCUT2D eigenvalue weighted by atomic mass is 10.0. The summed E-state index contributed by atoms with van der Waals surface area (Å²) < 4.78 is 12.5. The standard InChI is InChI=1S/C16H16FNOS/c1-16(2,20)12-4-3-5-14(10-12)18-15(19)11-6-8-13(17)9-7-11/h3-10,20H,1-2H3,(H,18,19). The summed E-state index contributed by atoms with van der Waals surface area (Å²) in [4.78, 5) is 12.0. The van der Waals surface area contributed by atoms with Crippen LogP contribution in [-0.2, 0) is 4.75 Å². The minimum absolute atomic E-state index is 0.265. The Hall–Kier alpha value is -1.81. The molecular weight excluding hydrogens is 273 g/mol. The second kappa shape index (κ2) is 5.67. The Morgan fingerprint density at radius 1 is 1.15 bits per heavy atom. The Balaban J connectivity index is 2.18. The van der Waals surface area contributed by atoms with Crippen molar-refractivity contribution in [3.63, 3.8) is 0 Å². The first-order valence-corrected chi connectivity index (χ1v) is 6.71. The number of carbonyl (C=O) groups excluding carboxylic acids is 1. The van der Waals surface area contributed by atoms with Crippen LogP contribution in [0.3, 0.4) is 0 Å². The first kappa shape index (κ1) is 14.6. The van der Waals surface area contributed by atoms with Crippen LogP contribution >= 0.6 is 12.6 Å². The summed E-state index contributed by atoms with van der Waals surface area (Å²) in [6.07, 6.45) is 0. The van der Waals surface area contributed by atoms with Crippen LogP contribution in [0.25, 0.3) is 0 Å². The normalized spacial score (nSPS) is 11.2. The molecule has 1 N–H and O–H groups in total. The van der Waals surface area contributed by atoms with Gasteiger partial charge in [0, 0.05) is 16.0 Å². The molecule has 4 heteroatoms. The highest BCUT2D eigenvalue weighted by molar-refractivity contribution is 7.81. The van der Waals surface area contributed by atoms with Crippen LogP contribution in [0.15, 0.2) is 48.5 Å². The Kier molecular flexibility index (Phi) is 4.14. The van der Waals surface area contributed by atoms with Gasteiger partial charge in [0.2, 0.25) is 0 Å². The number of rotatable bonds is 3. The fourth-order valence-electron chi connectivity index (χ4n) is 1.78. The van der Waals surface area contributed by atoms with E-state index < -0.39 is 0 Å². The van der Waals surface area contributed by atoms with E-state index in [2.05, 4.69) is 17.9 Å². The van der Waals surface area contributed by atoms with E-state index in [1.807, 2.05) is 38.1 Å². The minimum atomic E-state index is -0.361. The first-order valence-electron chi connectivity index (χ1n) is 6.26. The maximum absolute atomic E-state index is 12.8. The van der Waals surface area contributed by atoms with Gasteiger partial charge in [0.05, 0.1) is 0 Å². The summed E-state index contributed by atoms with van der Waals surface area (Å²) in [5.41, 5.74) is 2.12. The SMILES string of the molecule is CC(C)(S)c1cccc(NC(=O)c2ccc(F)cc2)c1. The van der Waals surface area contributed by atoms with Crippen molar-refractivity contribution in [1.29, 1.82) is 0 Å². The Labute approximate surface area is 123 Å². The van der Waals surface area contributed by atoms with Crippen molar-refractivity contribution >= 4 is 24.2 Å². The van der Waals surface area contributed by atoms with Crippen LogP contribution in [0.1, 0.15) is 29.8 Å². The number of nitrogens with one attached hydrogen (secondary N) is 1. The quantitative estimate of drug-likeness (QED) is 0.813. The molecule has 0 aromatic heterocycles. The van der Waals surface area contributed by atoms with Crippen molar-refractivity contribution in [3.05, 3.63) is 65.5 Å². The Bertz CT molecular complexity index is 617. The van der Waals surface area contributed by atoms with Crippen LogP contribution in [0, 0.1) is 5.82 Å². The fraction of sp³-hybridized carbons (Fsp3) is 0.188. The third-order valence-corrected chi connectivity index (χ3v) is 3.19. The molecule has 2 aromatic rings. The third kappa shape index (κ3) is 3.61. The number of hydrogen-bond donors (Lipinski definition) is 2. The molecule has 0 unspecified atom stereocenters. The predicted octanol–water partition coefficient (Wildman–Crippen LogP) is 4.24. The number of anilines is 1. The summed E-state index contributed by atoms with van der Waals surface area (Å²) in [7, 11) is 0. The lowest BCUT2D eigenvalue weighted by Crippen LogP contribution is -2.13. The van der Waals surface area contributed by atoms with Crippen molar-refractivity contribution in [1.82, 2.24) is 0 Å².